The van der Waals surface area contributed by atoms with Crippen LogP contribution >= 0.6 is 15.9 Å². The van der Waals surface area contributed by atoms with E-state index in [1.165, 1.54) is 12.5 Å². The first-order valence-corrected chi connectivity index (χ1v) is 7.59. The van der Waals surface area contributed by atoms with Gasteiger partial charge in [-0.25, -0.2) is 4.39 Å². The second-order valence-electron chi connectivity index (χ2n) is 5.30. The van der Waals surface area contributed by atoms with Crippen molar-refractivity contribution in [3.05, 3.63) is 34.1 Å². The van der Waals surface area contributed by atoms with E-state index in [-0.39, 0.29) is 23.6 Å². The maximum atomic E-state index is 13.2. The molecule has 2 atom stereocenters. The summed E-state index contributed by atoms with van der Waals surface area (Å²) in [5.74, 6) is -0.151. The van der Waals surface area contributed by atoms with Gasteiger partial charge in [0.15, 0.2) is 0 Å². The summed E-state index contributed by atoms with van der Waals surface area (Å²) in [5.41, 5.74) is 6.94. The largest absolute Gasteiger partial charge is 0.327 e. The van der Waals surface area contributed by atoms with Gasteiger partial charge < -0.3 is 5.73 Å². The van der Waals surface area contributed by atoms with E-state index in [1.54, 1.807) is 12.1 Å². The van der Waals surface area contributed by atoms with Gasteiger partial charge >= 0.3 is 0 Å². The van der Waals surface area contributed by atoms with Gasteiger partial charge in [-0.15, -0.1) is 0 Å². The van der Waals surface area contributed by atoms with Gasteiger partial charge in [-0.3, -0.25) is 4.79 Å². The van der Waals surface area contributed by atoms with Crippen molar-refractivity contribution in [2.75, 3.05) is 0 Å². The Bertz CT molecular complexity index is 463. The fraction of sp³-hybridized carbons (Fsp3) is 0.533. The average molecular weight is 328 g/mol. The normalized spacial score (nSPS) is 23.9. The van der Waals surface area contributed by atoms with Gasteiger partial charge in [-0.05, 0) is 46.5 Å². The highest BCUT2D eigenvalue weighted by Crippen LogP contribution is 2.25. The molecular weight excluding hydrogens is 309 g/mol. The second kappa shape index (κ2) is 6.62. The number of rotatable bonds is 3. The van der Waals surface area contributed by atoms with E-state index in [2.05, 4.69) is 15.9 Å². The van der Waals surface area contributed by atoms with Crippen LogP contribution in [0.3, 0.4) is 0 Å². The molecule has 0 spiro atoms. The lowest BCUT2D eigenvalue weighted by atomic mass is 9.88. The summed E-state index contributed by atoms with van der Waals surface area (Å²) in [6.07, 6.45) is 5.53. The molecule has 2 N–H and O–H groups in total. The highest BCUT2D eigenvalue weighted by Gasteiger charge is 2.26. The molecule has 2 rings (SSSR count). The van der Waals surface area contributed by atoms with E-state index < -0.39 is 0 Å². The Kier molecular flexibility index (Phi) is 5.11. The predicted octanol–water partition coefficient (Wildman–Crippen LogP) is 3.61. The molecular formula is C15H19BrFNO. The molecule has 19 heavy (non-hydrogen) atoms. The lowest BCUT2D eigenvalue weighted by Gasteiger charge is -2.20. The minimum atomic E-state index is -0.303. The molecule has 2 nitrogen and oxygen atoms in total. The van der Waals surface area contributed by atoms with Crippen molar-refractivity contribution in [3.63, 3.8) is 0 Å². The van der Waals surface area contributed by atoms with Gasteiger partial charge in [0.25, 0.3) is 0 Å². The molecule has 0 aliphatic heterocycles. The third-order valence-corrected chi connectivity index (χ3v) is 4.45. The molecule has 0 saturated heterocycles. The van der Waals surface area contributed by atoms with Crippen LogP contribution in [-0.2, 0) is 11.2 Å². The Balaban J connectivity index is 2.04. The smallest absolute Gasteiger partial charge is 0.141 e. The Hall–Kier alpha value is -0.740. The van der Waals surface area contributed by atoms with Crippen molar-refractivity contribution in [3.8, 4) is 0 Å². The number of hydrogen-bond acceptors (Lipinski definition) is 2. The van der Waals surface area contributed by atoms with Crippen LogP contribution in [0.2, 0.25) is 0 Å². The van der Waals surface area contributed by atoms with Gasteiger partial charge in [-0.2, -0.15) is 0 Å². The molecule has 104 valence electrons. The molecule has 0 aromatic heterocycles. The zero-order valence-electron chi connectivity index (χ0n) is 10.9. The van der Waals surface area contributed by atoms with Crippen molar-refractivity contribution < 1.29 is 9.18 Å². The van der Waals surface area contributed by atoms with Gasteiger partial charge in [0.1, 0.15) is 11.6 Å². The van der Waals surface area contributed by atoms with Gasteiger partial charge in [0.05, 0.1) is 4.47 Å². The molecule has 1 aliphatic carbocycles. The van der Waals surface area contributed by atoms with E-state index in [0.29, 0.717) is 10.9 Å². The van der Waals surface area contributed by atoms with Crippen molar-refractivity contribution in [2.24, 2.45) is 11.7 Å². The number of carbonyl (C=O) groups excluding carboxylic acids is 1. The number of hydrogen-bond donors (Lipinski definition) is 1. The Morgan fingerprint density at radius 3 is 2.79 bits per heavy atom. The summed E-state index contributed by atoms with van der Waals surface area (Å²) in [5, 5.41) is 0. The molecule has 0 bridgehead atoms. The van der Waals surface area contributed by atoms with Crippen LogP contribution in [0.5, 0.6) is 0 Å². The third-order valence-electron chi connectivity index (χ3n) is 3.85. The lowest BCUT2D eigenvalue weighted by molar-refractivity contribution is -0.123. The topological polar surface area (TPSA) is 43.1 Å². The first-order chi connectivity index (χ1) is 9.08. The quantitative estimate of drug-likeness (QED) is 0.862. The molecule has 4 heteroatoms. The summed E-state index contributed by atoms with van der Waals surface area (Å²) in [4.78, 5) is 12.3. The summed E-state index contributed by atoms with van der Waals surface area (Å²) in [7, 11) is 0. The average Bonchev–Trinajstić information content (AvgIpc) is 2.58. The number of halogens is 2. The Morgan fingerprint density at radius 1 is 1.32 bits per heavy atom. The second-order valence-corrected chi connectivity index (χ2v) is 6.15. The number of nitrogens with two attached hydrogens (primary N) is 1. The number of benzene rings is 1. The van der Waals surface area contributed by atoms with Crippen LogP contribution in [0.1, 0.15) is 37.7 Å². The molecule has 0 radical (unpaired) electrons. The highest BCUT2D eigenvalue weighted by atomic mass is 79.9. The van der Waals surface area contributed by atoms with Crippen molar-refractivity contribution in [1.82, 2.24) is 0 Å². The Labute approximate surface area is 121 Å². The summed E-state index contributed by atoms with van der Waals surface area (Å²) in [6, 6.07) is 4.72. The maximum absolute atomic E-state index is 13.2. The van der Waals surface area contributed by atoms with Crippen molar-refractivity contribution in [1.29, 1.82) is 0 Å². The third kappa shape index (κ3) is 3.86. The lowest BCUT2D eigenvalue weighted by Crippen LogP contribution is -2.35. The maximum Gasteiger partial charge on any atom is 0.141 e. The summed E-state index contributed by atoms with van der Waals surface area (Å²) >= 11 is 3.15. The Morgan fingerprint density at radius 2 is 2.05 bits per heavy atom. The molecule has 0 amide bonds. The zero-order chi connectivity index (χ0) is 13.8. The molecule has 1 fully saturated rings. The standard InChI is InChI=1S/C15H19BrFNO/c16-12-8-10(6-7-13(12)17)9-15(19)11-4-2-1-3-5-14(11)18/h6-8,11,14H,1-5,9,18H2. The van der Waals surface area contributed by atoms with E-state index in [9.17, 15) is 9.18 Å². The monoisotopic (exact) mass is 327 g/mol. The molecule has 1 aromatic carbocycles. The highest BCUT2D eigenvalue weighted by molar-refractivity contribution is 9.10. The van der Waals surface area contributed by atoms with E-state index in [0.717, 1.165) is 31.2 Å². The van der Waals surface area contributed by atoms with Crippen LogP contribution in [0.25, 0.3) is 0 Å². The van der Waals surface area contributed by atoms with Gasteiger partial charge in [0, 0.05) is 18.4 Å². The predicted molar refractivity (Wildman–Crippen MR) is 77.4 cm³/mol. The number of Topliss-reactive ketones (excluding diaryl/α,β-unsaturated/α-hetero) is 1. The molecule has 1 aromatic rings. The molecule has 1 aliphatic rings. The minimum absolute atomic E-state index is 0.0149. The first-order valence-electron chi connectivity index (χ1n) is 6.80. The SMILES string of the molecule is NC1CCCCCC1C(=O)Cc1ccc(F)c(Br)c1. The molecule has 1 saturated carbocycles. The van der Waals surface area contributed by atoms with Crippen molar-refractivity contribution in [2.45, 2.75) is 44.6 Å². The first kappa shape index (κ1) is 14.7. The zero-order valence-corrected chi connectivity index (χ0v) is 12.5. The van der Waals surface area contributed by atoms with Crippen LogP contribution in [0.15, 0.2) is 22.7 Å². The van der Waals surface area contributed by atoms with Gasteiger partial charge in [0.2, 0.25) is 0 Å². The van der Waals surface area contributed by atoms with Crippen molar-refractivity contribution >= 4 is 21.7 Å². The fourth-order valence-corrected chi connectivity index (χ4v) is 3.14. The van der Waals surface area contributed by atoms with Crippen LogP contribution in [0, 0.1) is 11.7 Å². The number of carbonyl (C=O) groups is 1. The van der Waals surface area contributed by atoms with Gasteiger partial charge in [-0.1, -0.05) is 25.3 Å². The van der Waals surface area contributed by atoms with Crippen LogP contribution < -0.4 is 5.73 Å². The molecule has 2 unspecified atom stereocenters. The van der Waals surface area contributed by atoms with E-state index in [1.807, 2.05) is 0 Å². The number of ketones is 1. The van der Waals surface area contributed by atoms with E-state index in [4.69, 9.17) is 5.73 Å². The fourth-order valence-electron chi connectivity index (χ4n) is 2.72. The summed E-state index contributed by atoms with van der Waals surface area (Å²) < 4.78 is 13.6. The van der Waals surface area contributed by atoms with E-state index >= 15 is 0 Å². The van der Waals surface area contributed by atoms with Crippen LogP contribution in [0.4, 0.5) is 4.39 Å². The van der Waals surface area contributed by atoms with Crippen LogP contribution in [-0.4, -0.2) is 11.8 Å². The molecule has 0 heterocycles. The summed E-state index contributed by atoms with van der Waals surface area (Å²) in [6.45, 7) is 0. The minimum Gasteiger partial charge on any atom is -0.327 e.